The highest BCUT2D eigenvalue weighted by Gasteiger charge is 2.25. The molecule has 0 aromatic carbocycles. The molecule has 1 aliphatic heterocycles. The first-order chi connectivity index (χ1) is 6.11. The zero-order chi connectivity index (χ0) is 9.84. The van der Waals surface area contributed by atoms with Gasteiger partial charge in [-0.1, -0.05) is 0 Å². The Morgan fingerprint density at radius 3 is 2.69 bits per heavy atom. The number of likely N-dealkylation sites (tertiary alicyclic amines) is 1. The van der Waals surface area contributed by atoms with E-state index in [1.807, 2.05) is 6.92 Å². The van der Waals surface area contributed by atoms with Crippen molar-refractivity contribution in [3.63, 3.8) is 0 Å². The van der Waals surface area contributed by atoms with Gasteiger partial charge in [0, 0.05) is 12.6 Å². The Balaban J connectivity index is 2.48. The Morgan fingerprint density at radius 1 is 1.46 bits per heavy atom. The van der Waals surface area contributed by atoms with E-state index in [0.29, 0.717) is 6.54 Å². The van der Waals surface area contributed by atoms with E-state index in [2.05, 4.69) is 4.74 Å². The molecule has 1 saturated heterocycles. The number of piperidine rings is 1. The molecule has 1 aliphatic rings. The Bertz CT molecular complexity index is 217. The van der Waals surface area contributed by atoms with Crippen LogP contribution in [0.25, 0.3) is 0 Å². The van der Waals surface area contributed by atoms with Crippen LogP contribution in [0.5, 0.6) is 0 Å². The van der Waals surface area contributed by atoms with Gasteiger partial charge < -0.3 is 15.4 Å². The summed E-state index contributed by atoms with van der Waals surface area (Å²) >= 11 is 0. The van der Waals surface area contributed by atoms with Crippen LogP contribution in [0.3, 0.4) is 0 Å². The molecule has 0 saturated carbocycles. The third kappa shape index (κ3) is 2.61. The van der Waals surface area contributed by atoms with Crippen LogP contribution in [0, 0.1) is 0 Å². The smallest absolute Gasteiger partial charge is 0.359 e. The molecule has 1 atom stereocenters. The molecule has 0 bridgehead atoms. The van der Waals surface area contributed by atoms with Gasteiger partial charge in [0.2, 0.25) is 0 Å². The van der Waals surface area contributed by atoms with Crippen molar-refractivity contribution < 1.29 is 14.3 Å². The van der Waals surface area contributed by atoms with Gasteiger partial charge >= 0.3 is 12.2 Å². The van der Waals surface area contributed by atoms with Crippen LogP contribution in [0.15, 0.2) is 0 Å². The summed E-state index contributed by atoms with van der Waals surface area (Å²) in [5.74, 6) is 0. The molecule has 13 heavy (non-hydrogen) atoms. The van der Waals surface area contributed by atoms with Gasteiger partial charge in [-0.2, -0.15) is 0 Å². The molecule has 0 aromatic heterocycles. The first-order valence-electron chi connectivity index (χ1n) is 4.39. The first kappa shape index (κ1) is 9.83. The second-order valence-electron chi connectivity index (χ2n) is 3.23. The van der Waals surface area contributed by atoms with E-state index in [9.17, 15) is 9.59 Å². The zero-order valence-corrected chi connectivity index (χ0v) is 7.66. The Hall–Kier alpha value is -1.26. The molecule has 0 aromatic rings. The van der Waals surface area contributed by atoms with Crippen LogP contribution in [0.1, 0.15) is 26.2 Å². The van der Waals surface area contributed by atoms with Gasteiger partial charge in [0.15, 0.2) is 0 Å². The normalized spacial score (nSPS) is 22.5. The standard InChI is InChI=1S/C8H14N2O3/c1-6-4-2-3-5-10(6)8(12)13-7(9)11/h6H,2-5H2,1H3,(H2,9,11). The first-order valence-corrected chi connectivity index (χ1v) is 4.39. The average molecular weight is 186 g/mol. The molecule has 1 fully saturated rings. The van der Waals surface area contributed by atoms with Crippen LogP contribution in [0.4, 0.5) is 9.59 Å². The summed E-state index contributed by atoms with van der Waals surface area (Å²) in [5, 5.41) is 0. The van der Waals surface area contributed by atoms with Crippen molar-refractivity contribution in [2.45, 2.75) is 32.2 Å². The minimum Gasteiger partial charge on any atom is -0.359 e. The van der Waals surface area contributed by atoms with Crippen LogP contribution >= 0.6 is 0 Å². The van der Waals surface area contributed by atoms with E-state index in [4.69, 9.17) is 5.73 Å². The van der Waals surface area contributed by atoms with Crippen LogP contribution in [-0.2, 0) is 4.74 Å². The molecule has 2 N–H and O–H groups in total. The lowest BCUT2D eigenvalue weighted by Gasteiger charge is -2.31. The summed E-state index contributed by atoms with van der Waals surface area (Å²) in [4.78, 5) is 23.1. The van der Waals surface area contributed by atoms with E-state index < -0.39 is 12.2 Å². The number of amides is 2. The topological polar surface area (TPSA) is 72.6 Å². The predicted octanol–water partition coefficient (Wildman–Crippen LogP) is 1.08. The van der Waals surface area contributed by atoms with Gasteiger partial charge in [0.05, 0.1) is 0 Å². The van der Waals surface area contributed by atoms with Crippen LogP contribution in [-0.4, -0.2) is 29.7 Å². The molecular weight excluding hydrogens is 172 g/mol. The molecule has 0 spiro atoms. The van der Waals surface area contributed by atoms with Crippen LogP contribution in [0.2, 0.25) is 0 Å². The van der Waals surface area contributed by atoms with E-state index in [1.54, 1.807) is 0 Å². The second kappa shape index (κ2) is 4.11. The molecule has 74 valence electrons. The van der Waals surface area contributed by atoms with Crippen molar-refractivity contribution >= 4 is 12.2 Å². The summed E-state index contributed by atoms with van der Waals surface area (Å²) < 4.78 is 4.29. The summed E-state index contributed by atoms with van der Waals surface area (Å²) in [6, 6.07) is 0.139. The number of rotatable bonds is 0. The van der Waals surface area contributed by atoms with Gasteiger partial charge in [-0.05, 0) is 26.2 Å². The lowest BCUT2D eigenvalue weighted by atomic mass is 10.0. The molecular formula is C8H14N2O3. The maximum Gasteiger partial charge on any atom is 0.419 e. The molecule has 5 heteroatoms. The fraction of sp³-hybridized carbons (Fsp3) is 0.750. The number of hydrogen-bond donors (Lipinski definition) is 1. The van der Waals surface area contributed by atoms with Crippen molar-refractivity contribution in [2.24, 2.45) is 5.73 Å². The fourth-order valence-corrected chi connectivity index (χ4v) is 1.51. The highest BCUT2D eigenvalue weighted by molar-refractivity contribution is 5.82. The molecule has 5 nitrogen and oxygen atoms in total. The minimum atomic E-state index is -1.04. The summed E-state index contributed by atoms with van der Waals surface area (Å²) in [7, 11) is 0. The van der Waals surface area contributed by atoms with Crippen molar-refractivity contribution in [3.8, 4) is 0 Å². The highest BCUT2D eigenvalue weighted by atomic mass is 16.6. The second-order valence-corrected chi connectivity index (χ2v) is 3.23. The Morgan fingerprint density at radius 2 is 2.15 bits per heavy atom. The predicted molar refractivity (Wildman–Crippen MR) is 46.1 cm³/mol. The lowest BCUT2D eigenvalue weighted by molar-refractivity contribution is 0.0973. The summed E-state index contributed by atoms with van der Waals surface area (Å²) in [6.45, 7) is 2.58. The maximum atomic E-state index is 11.2. The number of carbonyl (C=O) groups excluding carboxylic acids is 2. The Kier molecular flexibility index (Phi) is 3.11. The minimum absolute atomic E-state index is 0.139. The largest absolute Gasteiger partial charge is 0.419 e. The van der Waals surface area contributed by atoms with Crippen LogP contribution < -0.4 is 5.73 Å². The van der Waals surface area contributed by atoms with Gasteiger partial charge in [-0.25, -0.2) is 9.59 Å². The third-order valence-electron chi connectivity index (χ3n) is 2.23. The highest BCUT2D eigenvalue weighted by Crippen LogP contribution is 2.16. The number of hydrogen-bond acceptors (Lipinski definition) is 3. The monoisotopic (exact) mass is 186 g/mol. The third-order valence-corrected chi connectivity index (χ3v) is 2.23. The van der Waals surface area contributed by atoms with Crippen molar-refractivity contribution in [2.75, 3.05) is 6.54 Å². The van der Waals surface area contributed by atoms with Crippen molar-refractivity contribution in [1.29, 1.82) is 0 Å². The molecule has 1 heterocycles. The van der Waals surface area contributed by atoms with E-state index >= 15 is 0 Å². The molecule has 1 rings (SSSR count). The van der Waals surface area contributed by atoms with Gasteiger partial charge in [0.25, 0.3) is 0 Å². The zero-order valence-electron chi connectivity index (χ0n) is 7.66. The number of nitrogens with zero attached hydrogens (tertiary/aromatic N) is 1. The van der Waals surface area contributed by atoms with Gasteiger partial charge in [-0.15, -0.1) is 0 Å². The number of ether oxygens (including phenoxy) is 1. The maximum absolute atomic E-state index is 11.2. The van der Waals surface area contributed by atoms with Crippen molar-refractivity contribution in [1.82, 2.24) is 4.90 Å². The number of nitrogens with two attached hydrogens (primary N) is 1. The van der Waals surface area contributed by atoms with E-state index in [1.165, 1.54) is 4.90 Å². The number of carbonyl (C=O) groups is 2. The summed E-state index contributed by atoms with van der Waals surface area (Å²) in [6.07, 6.45) is 1.36. The molecule has 0 aliphatic carbocycles. The molecule has 2 amide bonds. The fourth-order valence-electron chi connectivity index (χ4n) is 1.51. The van der Waals surface area contributed by atoms with Gasteiger partial charge in [-0.3, -0.25) is 0 Å². The van der Waals surface area contributed by atoms with Crippen molar-refractivity contribution in [3.05, 3.63) is 0 Å². The summed E-state index contributed by atoms with van der Waals surface area (Å²) in [5.41, 5.74) is 4.74. The average Bonchev–Trinajstić information content (AvgIpc) is 2.03. The van der Waals surface area contributed by atoms with E-state index in [0.717, 1.165) is 19.3 Å². The molecule has 0 radical (unpaired) electrons. The lowest BCUT2D eigenvalue weighted by Crippen LogP contribution is -2.43. The molecule has 1 unspecified atom stereocenters. The quantitative estimate of drug-likeness (QED) is 0.575. The SMILES string of the molecule is CC1CCCCN1C(=O)OC(N)=O. The van der Waals surface area contributed by atoms with Gasteiger partial charge in [0.1, 0.15) is 0 Å². The Labute approximate surface area is 76.8 Å². The van der Waals surface area contributed by atoms with E-state index in [-0.39, 0.29) is 6.04 Å². The number of primary amides is 1.